The lowest BCUT2D eigenvalue weighted by molar-refractivity contribution is -0.159. The Morgan fingerprint density at radius 3 is 2.20 bits per heavy atom. The number of hydrogen-bond acceptors (Lipinski definition) is 5. The highest BCUT2D eigenvalue weighted by Crippen LogP contribution is 2.37. The predicted octanol–water partition coefficient (Wildman–Crippen LogP) is 2.48. The number of amides is 1. The second kappa shape index (κ2) is 12.2. The third kappa shape index (κ3) is 7.67. The van der Waals surface area contributed by atoms with Crippen molar-refractivity contribution in [3.63, 3.8) is 0 Å². The van der Waals surface area contributed by atoms with E-state index in [0.29, 0.717) is 5.56 Å². The molecule has 1 amide bonds. The average Bonchev–Trinajstić information content (AvgIpc) is 3.32. The molecular weight excluding hydrogens is 388 g/mol. The fourth-order valence-electron chi connectivity index (χ4n) is 4.04. The lowest BCUT2D eigenvalue weighted by Crippen LogP contribution is -2.24. The number of fused-ring (bicyclic) bond motifs is 1. The molecule has 2 fully saturated rings. The third-order valence-electron chi connectivity index (χ3n) is 5.52. The largest absolute Gasteiger partial charge is 0.494 e. The highest BCUT2D eigenvalue weighted by molar-refractivity contribution is 6.27. The summed E-state index contributed by atoms with van der Waals surface area (Å²) in [6.07, 6.45) is 6.34. The molecule has 2 unspecified atom stereocenters. The number of aliphatic carboxylic acids is 2. The maximum Gasteiger partial charge on any atom is 0.414 e. The maximum absolute atomic E-state index is 11.8. The highest BCUT2D eigenvalue weighted by atomic mass is 16.5. The van der Waals surface area contributed by atoms with Crippen molar-refractivity contribution >= 4 is 17.8 Å². The molecule has 1 heterocycles. The fourth-order valence-corrected chi connectivity index (χ4v) is 4.04. The van der Waals surface area contributed by atoms with Gasteiger partial charge in [0.1, 0.15) is 5.75 Å². The van der Waals surface area contributed by atoms with Gasteiger partial charge >= 0.3 is 11.9 Å². The smallest absolute Gasteiger partial charge is 0.414 e. The Balaban J connectivity index is 0.000000469. The van der Waals surface area contributed by atoms with Gasteiger partial charge in [0.2, 0.25) is 0 Å². The van der Waals surface area contributed by atoms with Crippen LogP contribution in [0.2, 0.25) is 0 Å². The van der Waals surface area contributed by atoms with Gasteiger partial charge in [-0.3, -0.25) is 4.79 Å². The molecule has 3 rings (SSSR count). The Kier molecular flexibility index (Phi) is 9.60. The lowest BCUT2D eigenvalue weighted by Gasteiger charge is -2.16. The van der Waals surface area contributed by atoms with Crippen LogP contribution in [0.3, 0.4) is 0 Å². The molecular formula is C22H32N2O6. The first-order valence-electron chi connectivity index (χ1n) is 10.6. The molecule has 1 saturated carbocycles. The van der Waals surface area contributed by atoms with E-state index in [2.05, 4.69) is 10.2 Å². The van der Waals surface area contributed by atoms with Crippen molar-refractivity contribution in [3.8, 4) is 5.75 Å². The number of ether oxygens (including phenoxy) is 1. The summed E-state index contributed by atoms with van der Waals surface area (Å²) >= 11 is 0. The van der Waals surface area contributed by atoms with Crippen LogP contribution < -0.4 is 10.1 Å². The first kappa shape index (κ1) is 23.7. The molecule has 1 aliphatic carbocycles. The van der Waals surface area contributed by atoms with Gasteiger partial charge < -0.3 is 25.2 Å². The molecule has 8 heteroatoms. The number of carbonyl (C=O) groups excluding carboxylic acids is 1. The highest BCUT2D eigenvalue weighted by Gasteiger charge is 2.35. The Morgan fingerprint density at radius 1 is 1.07 bits per heavy atom. The van der Waals surface area contributed by atoms with E-state index < -0.39 is 11.9 Å². The number of nitrogens with one attached hydrogen (secondary N) is 1. The van der Waals surface area contributed by atoms with Crippen LogP contribution in [0.25, 0.3) is 0 Å². The minimum atomic E-state index is -1.82. The molecule has 1 aromatic carbocycles. The number of benzene rings is 1. The zero-order chi connectivity index (χ0) is 21.9. The van der Waals surface area contributed by atoms with Gasteiger partial charge in [-0.05, 0) is 61.8 Å². The topological polar surface area (TPSA) is 116 Å². The number of hydrogen-bond donors (Lipinski definition) is 3. The van der Waals surface area contributed by atoms with E-state index in [1.165, 1.54) is 32.4 Å². The molecule has 0 bridgehead atoms. The number of nitrogens with zero attached hydrogens (tertiary/aromatic N) is 1. The first-order valence-corrected chi connectivity index (χ1v) is 10.6. The molecule has 3 N–H and O–H groups in total. The number of carbonyl (C=O) groups is 3. The molecule has 166 valence electrons. The van der Waals surface area contributed by atoms with Crippen molar-refractivity contribution < 1.29 is 29.3 Å². The Bertz CT molecular complexity index is 682. The molecule has 1 aliphatic heterocycles. The monoisotopic (exact) mass is 420 g/mol. The SMILES string of the molecule is CCCNC(=O)c1ccc(OCCCN2CC3CCCC3C2)cc1.O=C(O)C(=O)O. The average molecular weight is 421 g/mol. The maximum atomic E-state index is 11.8. The number of rotatable bonds is 8. The van der Waals surface area contributed by atoms with Gasteiger partial charge in [0.15, 0.2) is 0 Å². The van der Waals surface area contributed by atoms with Crippen LogP contribution >= 0.6 is 0 Å². The van der Waals surface area contributed by atoms with Crippen molar-refractivity contribution in [1.82, 2.24) is 10.2 Å². The molecule has 2 atom stereocenters. The summed E-state index contributed by atoms with van der Waals surface area (Å²) < 4.78 is 5.82. The molecule has 0 spiro atoms. The summed E-state index contributed by atoms with van der Waals surface area (Å²) in [6.45, 7) is 7.25. The fraction of sp³-hybridized carbons (Fsp3) is 0.591. The van der Waals surface area contributed by atoms with Crippen molar-refractivity contribution in [2.75, 3.05) is 32.8 Å². The second-order valence-electron chi connectivity index (χ2n) is 7.80. The minimum absolute atomic E-state index is 0.0111. The molecule has 1 aromatic rings. The van der Waals surface area contributed by atoms with Crippen molar-refractivity contribution in [2.45, 2.75) is 39.0 Å². The zero-order valence-corrected chi connectivity index (χ0v) is 17.5. The van der Waals surface area contributed by atoms with Gasteiger partial charge in [-0.2, -0.15) is 0 Å². The van der Waals surface area contributed by atoms with Crippen LogP contribution in [0.4, 0.5) is 0 Å². The number of carboxylic acid groups (broad SMARTS) is 2. The summed E-state index contributed by atoms with van der Waals surface area (Å²) in [5.41, 5.74) is 0.694. The third-order valence-corrected chi connectivity index (χ3v) is 5.52. The van der Waals surface area contributed by atoms with Crippen molar-refractivity contribution in [1.29, 1.82) is 0 Å². The van der Waals surface area contributed by atoms with E-state index in [9.17, 15) is 4.79 Å². The van der Waals surface area contributed by atoms with Crippen LogP contribution in [0, 0.1) is 11.8 Å². The summed E-state index contributed by atoms with van der Waals surface area (Å²) in [6, 6.07) is 7.45. The summed E-state index contributed by atoms with van der Waals surface area (Å²) in [5.74, 6) is -0.872. The van der Waals surface area contributed by atoms with Crippen molar-refractivity contribution in [2.24, 2.45) is 11.8 Å². The van der Waals surface area contributed by atoms with E-state index in [4.69, 9.17) is 24.5 Å². The van der Waals surface area contributed by atoms with Crippen LogP contribution in [-0.4, -0.2) is 65.7 Å². The van der Waals surface area contributed by atoms with Gasteiger partial charge in [0, 0.05) is 31.7 Å². The van der Waals surface area contributed by atoms with Crippen molar-refractivity contribution in [3.05, 3.63) is 29.8 Å². The molecule has 0 radical (unpaired) electrons. The van der Waals surface area contributed by atoms with Gasteiger partial charge in [0.05, 0.1) is 6.61 Å². The molecule has 1 saturated heterocycles. The number of likely N-dealkylation sites (tertiary alicyclic amines) is 1. The second-order valence-corrected chi connectivity index (χ2v) is 7.80. The molecule has 30 heavy (non-hydrogen) atoms. The van der Waals surface area contributed by atoms with Crippen LogP contribution in [0.5, 0.6) is 5.75 Å². The Labute approximate surface area is 177 Å². The minimum Gasteiger partial charge on any atom is -0.494 e. The van der Waals surface area contributed by atoms with Gasteiger partial charge in [0.25, 0.3) is 5.91 Å². The van der Waals surface area contributed by atoms with E-state index in [0.717, 1.165) is 50.1 Å². The first-order chi connectivity index (χ1) is 14.4. The lowest BCUT2D eigenvalue weighted by atomic mass is 10.0. The molecule has 2 aliphatic rings. The standard InChI is InChI=1S/C20H30N2O2.C2H2O4/c1-2-11-21-20(23)16-7-9-19(10-8-16)24-13-4-12-22-14-17-5-3-6-18(17)15-22;3-1(4)2(5)6/h7-10,17-18H,2-6,11-15H2,1H3,(H,21,23);(H,3,4)(H,5,6). The zero-order valence-electron chi connectivity index (χ0n) is 17.5. The predicted molar refractivity (Wildman–Crippen MR) is 112 cm³/mol. The van der Waals surface area contributed by atoms with Gasteiger partial charge in [-0.25, -0.2) is 9.59 Å². The summed E-state index contributed by atoms with van der Waals surface area (Å²) in [5, 5.41) is 17.7. The van der Waals surface area contributed by atoms with Crippen LogP contribution in [0.1, 0.15) is 49.4 Å². The van der Waals surface area contributed by atoms with E-state index in [-0.39, 0.29) is 5.91 Å². The van der Waals surface area contributed by atoms with Gasteiger partial charge in [-0.15, -0.1) is 0 Å². The summed E-state index contributed by atoms with van der Waals surface area (Å²) in [4.78, 5) is 32.7. The normalized spacial score (nSPS) is 20.0. The quantitative estimate of drug-likeness (QED) is 0.437. The van der Waals surface area contributed by atoms with Gasteiger partial charge in [-0.1, -0.05) is 13.3 Å². The molecule has 0 aromatic heterocycles. The van der Waals surface area contributed by atoms with E-state index in [1.807, 2.05) is 31.2 Å². The molecule has 8 nitrogen and oxygen atoms in total. The Hall–Kier alpha value is -2.61. The van der Waals surface area contributed by atoms with Crippen LogP contribution in [0.15, 0.2) is 24.3 Å². The Morgan fingerprint density at radius 2 is 1.67 bits per heavy atom. The van der Waals surface area contributed by atoms with E-state index in [1.54, 1.807) is 0 Å². The number of carboxylic acids is 2. The van der Waals surface area contributed by atoms with Crippen LogP contribution in [-0.2, 0) is 9.59 Å². The van der Waals surface area contributed by atoms with E-state index >= 15 is 0 Å². The summed E-state index contributed by atoms with van der Waals surface area (Å²) in [7, 11) is 0.